The molecule has 154 valence electrons. The lowest BCUT2D eigenvalue weighted by Gasteiger charge is -2.17. The molecule has 1 unspecified atom stereocenters. The van der Waals surface area contributed by atoms with Crippen LogP contribution >= 0.6 is 0 Å². The molecule has 0 aliphatic carbocycles. The summed E-state index contributed by atoms with van der Waals surface area (Å²) in [4.78, 5) is 31.4. The fraction of sp³-hybridized carbons (Fsp3) is 0.474. The van der Waals surface area contributed by atoms with Crippen molar-refractivity contribution >= 4 is 29.0 Å². The van der Waals surface area contributed by atoms with Gasteiger partial charge in [0.25, 0.3) is 5.91 Å². The summed E-state index contributed by atoms with van der Waals surface area (Å²) in [5, 5.41) is 21.4. The predicted molar refractivity (Wildman–Crippen MR) is 108 cm³/mol. The van der Waals surface area contributed by atoms with Crippen molar-refractivity contribution in [3.63, 3.8) is 0 Å². The van der Waals surface area contributed by atoms with Gasteiger partial charge in [0.15, 0.2) is 11.2 Å². The second-order valence-electron chi connectivity index (χ2n) is 5.90. The highest BCUT2D eigenvalue weighted by Gasteiger charge is 2.17. The van der Waals surface area contributed by atoms with E-state index in [0.29, 0.717) is 29.6 Å². The number of benzene rings is 1. The minimum atomic E-state index is -0.731. The summed E-state index contributed by atoms with van der Waals surface area (Å²) in [7, 11) is 1.46. The molecule has 2 rings (SSSR count). The number of amides is 2. The molecular formula is C19H29N5O4. The molecule has 28 heavy (non-hydrogen) atoms. The topological polar surface area (TPSA) is 143 Å². The lowest BCUT2D eigenvalue weighted by molar-refractivity contribution is -0.107. The highest BCUT2D eigenvalue weighted by atomic mass is 16.3. The average molecular weight is 391 g/mol. The van der Waals surface area contributed by atoms with Gasteiger partial charge in [-0.2, -0.15) is 4.99 Å². The van der Waals surface area contributed by atoms with Crippen LogP contribution in [0.5, 0.6) is 0 Å². The second kappa shape index (κ2) is 11.2. The number of anilines is 1. The van der Waals surface area contributed by atoms with E-state index in [1.807, 2.05) is 20.8 Å². The zero-order valence-corrected chi connectivity index (χ0v) is 16.8. The Morgan fingerprint density at radius 1 is 1.39 bits per heavy atom. The van der Waals surface area contributed by atoms with Crippen molar-refractivity contribution in [2.75, 3.05) is 19.4 Å². The molecule has 2 aromatic rings. The Kier molecular flexibility index (Phi) is 9.26. The lowest BCUT2D eigenvalue weighted by Crippen LogP contribution is -2.35. The summed E-state index contributed by atoms with van der Waals surface area (Å²) in [6, 6.07) is 3.45. The standard InChI is InChI=1S/C17H23N5O4.C2H6/c1-10-7-13-14(8-12(10)18)22(5-3-11(25)4-6-23)16(20-9-24)15(21-13)17(26)19-2;1-2/h7-9,11,23,25H,3-6,18H2,1-2H3,(H,19,26);1-2H3. The number of carbonyl (C=O) groups is 2. The van der Waals surface area contributed by atoms with Gasteiger partial charge < -0.3 is 25.8 Å². The fourth-order valence-corrected chi connectivity index (χ4v) is 2.66. The molecule has 0 fully saturated rings. The first-order valence-corrected chi connectivity index (χ1v) is 9.22. The molecule has 0 saturated carbocycles. The van der Waals surface area contributed by atoms with E-state index in [4.69, 9.17) is 10.8 Å². The van der Waals surface area contributed by atoms with E-state index in [1.165, 1.54) is 7.05 Å². The largest absolute Gasteiger partial charge is 0.398 e. The average Bonchev–Trinajstić information content (AvgIpc) is 2.69. The van der Waals surface area contributed by atoms with E-state index in [9.17, 15) is 14.7 Å². The van der Waals surface area contributed by atoms with Gasteiger partial charge >= 0.3 is 0 Å². The van der Waals surface area contributed by atoms with Gasteiger partial charge in [-0.1, -0.05) is 13.8 Å². The third kappa shape index (κ3) is 5.37. The normalized spacial score (nSPS) is 12.3. The molecule has 0 radical (unpaired) electrons. The molecule has 1 atom stereocenters. The van der Waals surface area contributed by atoms with Crippen molar-refractivity contribution in [1.29, 1.82) is 0 Å². The Bertz CT molecular complexity index is 892. The Morgan fingerprint density at radius 3 is 2.64 bits per heavy atom. The zero-order valence-electron chi connectivity index (χ0n) is 16.8. The van der Waals surface area contributed by atoms with Gasteiger partial charge in [0, 0.05) is 25.9 Å². The Labute approximate surface area is 163 Å². The highest BCUT2D eigenvalue weighted by molar-refractivity contribution is 5.94. The highest BCUT2D eigenvalue weighted by Crippen LogP contribution is 2.20. The molecule has 1 aromatic heterocycles. The van der Waals surface area contributed by atoms with E-state index in [1.54, 1.807) is 16.7 Å². The van der Waals surface area contributed by atoms with E-state index < -0.39 is 12.0 Å². The number of nitrogens with two attached hydrogens (primary N) is 1. The first-order chi connectivity index (χ1) is 13.4. The minimum absolute atomic E-state index is 0.00733. The summed E-state index contributed by atoms with van der Waals surface area (Å²) in [6.45, 7) is 5.96. The van der Waals surface area contributed by atoms with Crippen LogP contribution in [-0.4, -0.2) is 51.8 Å². The molecule has 0 spiro atoms. The predicted octanol–water partition coefficient (Wildman–Crippen LogP) is 0.503. The van der Waals surface area contributed by atoms with Crippen LogP contribution in [0, 0.1) is 6.92 Å². The first kappa shape index (κ1) is 23.3. The number of fused-ring (bicyclic) bond motifs is 1. The molecule has 0 bridgehead atoms. The number of nitrogen functional groups attached to an aromatic ring is 1. The van der Waals surface area contributed by atoms with Crippen LogP contribution in [0.4, 0.5) is 5.69 Å². The van der Waals surface area contributed by atoms with Gasteiger partial charge in [-0.05, 0) is 37.5 Å². The molecular weight excluding hydrogens is 362 g/mol. The number of aryl methyl sites for hydroxylation is 2. The molecule has 0 aliphatic rings. The molecule has 1 heterocycles. The number of carbonyl (C=O) groups excluding carboxylic acids is 2. The molecule has 9 heteroatoms. The maximum absolute atomic E-state index is 12.2. The van der Waals surface area contributed by atoms with Crippen LogP contribution in [0.2, 0.25) is 0 Å². The zero-order chi connectivity index (χ0) is 21.3. The molecule has 0 saturated heterocycles. The number of nitrogens with one attached hydrogen (secondary N) is 1. The fourth-order valence-electron chi connectivity index (χ4n) is 2.66. The van der Waals surface area contributed by atoms with Gasteiger partial charge in [0.1, 0.15) is 0 Å². The van der Waals surface area contributed by atoms with Crippen LogP contribution in [0.1, 0.15) is 42.7 Å². The number of aliphatic hydroxyl groups excluding tert-OH is 2. The van der Waals surface area contributed by atoms with Crippen LogP contribution in [0.3, 0.4) is 0 Å². The maximum Gasteiger partial charge on any atom is 0.273 e. The van der Waals surface area contributed by atoms with E-state index in [0.717, 1.165) is 5.56 Å². The summed E-state index contributed by atoms with van der Waals surface area (Å²) in [5.74, 6) is -0.480. The summed E-state index contributed by atoms with van der Waals surface area (Å²) < 4.78 is 1.64. The van der Waals surface area contributed by atoms with Crippen molar-refractivity contribution in [3.05, 3.63) is 28.9 Å². The number of hydrogen-bond acceptors (Lipinski definition) is 6. The molecule has 9 nitrogen and oxygen atoms in total. The van der Waals surface area contributed by atoms with Crippen LogP contribution in [0.15, 0.2) is 17.1 Å². The number of aromatic nitrogens is 2. The molecule has 5 N–H and O–H groups in total. The van der Waals surface area contributed by atoms with Gasteiger partial charge in [-0.3, -0.25) is 9.59 Å². The summed E-state index contributed by atoms with van der Waals surface area (Å²) in [5.41, 5.74) is 8.56. The van der Waals surface area contributed by atoms with Crippen molar-refractivity contribution in [2.45, 2.75) is 46.3 Å². The van der Waals surface area contributed by atoms with E-state index in [2.05, 4.69) is 15.3 Å². The van der Waals surface area contributed by atoms with Crippen LogP contribution in [-0.2, 0) is 11.3 Å². The molecule has 1 aromatic carbocycles. The number of aliphatic hydroxyl groups is 2. The SMILES string of the molecule is CC.CNC(=O)c1nc2cc(C)c(N)cc2n(CCC(O)CCO)c1=NC=O. The monoisotopic (exact) mass is 391 g/mol. The minimum Gasteiger partial charge on any atom is -0.398 e. The van der Waals surface area contributed by atoms with Gasteiger partial charge in [0.05, 0.1) is 17.1 Å². The Balaban J connectivity index is 0.00000190. The third-order valence-corrected chi connectivity index (χ3v) is 4.12. The van der Waals surface area contributed by atoms with Crippen molar-refractivity contribution in [2.24, 2.45) is 4.99 Å². The van der Waals surface area contributed by atoms with Crippen LogP contribution < -0.4 is 16.5 Å². The van der Waals surface area contributed by atoms with Crippen molar-refractivity contribution < 1.29 is 19.8 Å². The number of nitrogens with zero attached hydrogens (tertiary/aromatic N) is 3. The molecule has 2 amide bonds. The maximum atomic E-state index is 12.2. The van der Waals surface area contributed by atoms with Crippen molar-refractivity contribution in [3.8, 4) is 0 Å². The Hall–Kier alpha value is -2.78. The van der Waals surface area contributed by atoms with Crippen LogP contribution in [0.25, 0.3) is 11.0 Å². The van der Waals surface area contributed by atoms with Gasteiger partial charge in [-0.15, -0.1) is 0 Å². The smallest absolute Gasteiger partial charge is 0.273 e. The van der Waals surface area contributed by atoms with E-state index in [-0.39, 0.29) is 30.8 Å². The third-order valence-electron chi connectivity index (χ3n) is 4.12. The Morgan fingerprint density at radius 2 is 2.07 bits per heavy atom. The van der Waals surface area contributed by atoms with E-state index >= 15 is 0 Å². The van der Waals surface area contributed by atoms with Gasteiger partial charge in [-0.25, -0.2) is 4.98 Å². The quantitative estimate of drug-likeness (QED) is 0.400. The summed E-state index contributed by atoms with van der Waals surface area (Å²) >= 11 is 0. The second-order valence-corrected chi connectivity index (χ2v) is 5.90. The lowest BCUT2D eigenvalue weighted by atomic mass is 10.1. The van der Waals surface area contributed by atoms with Crippen molar-refractivity contribution in [1.82, 2.24) is 14.9 Å². The first-order valence-electron chi connectivity index (χ1n) is 9.22. The molecule has 0 aliphatic heterocycles. The number of hydrogen-bond donors (Lipinski definition) is 4. The summed E-state index contributed by atoms with van der Waals surface area (Å²) in [6.07, 6.45) is 0.138. The number of rotatable bonds is 7. The van der Waals surface area contributed by atoms with Gasteiger partial charge in [0.2, 0.25) is 6.41 Å².